The molecule has 31 heavy (non-hydrogen) atoms. The zero-order valence-corrected chi connectivity index (χ0v) is 19.2. The van der Waals surface area contributed by atoms with Gasteiger partial charge < -0.3 is 10.2 Å². The second-order valence-corrected chi connectivity index (χ2v) is 8.88. The fourth-order valence-electron chi connectivity index (χ4n) is 4.54. The molecule has 4 nitrogen and oxygen atoms in total. The summed E-state index contributed by atoms with van der Waals surface area (Å²) in [6.07, 6.45) is 6.57. The number of hydrogen-bond acceptors (Lipinski definition) is 2. The molecule has 2 aromatic rings. The Labute approximate surface area is 187 Å². The molecule has 1 N–H and O–H groups in total. The van der Waals surface area contributed by atoms with Crippen molar-refractivity contribution in [1.29, 1.82) is 0 Å². The summed E-state index contributed by atoms with van der Waals surface area (Å²) in [6.45, 7) is 6.52. The molecule has 0 bridgehead atoms. The van der Waals surface area contributed by atoms with Crippen LogP contribution in [0, 0.1) is 13.8 Å². The highest BCUT2D eigenvalue weighted by Gasteiger charge is 2.30. The zero-order chi connectivity index (χ0) is 22.2. The van der Waals surface area contributed by atoms with Crippen molar-refractivity contribution in [1.82, 2.24) is 10.2 Å². The molecule has 1 aliphatic carbocycles. The van der Waals surface area contributed by atoms with E-state index in [1.165, 1.54) is 19.3 Å². The fourth-order valence-corrected chi connectivity index (χ4v) is 4.54. The minimum Gasteiger partial charge on any atom is -0.352 e. The molecule has 0 saturated heterocycles. The predicted molar refractivity (Wildman–Crippen MR) is 126 cm³/mol. The highest BCUT2D eigenvalue weighted by molar-refractivity contribution is 5.88. The Morgan fingerprint density at radius 1 is 1.03 bits per heavy atom. The first-order valence-electron chi connectivity index (χ1n) is 11.7. The van der Waals surface area contributed by atoms with E-state index in [1.54, 1.807) is 4.90 Å². The van der Waals surface area contributed by atoms with Gasteiger partial charge in [-0.25, -0.2) is 0 Å². The molecular formula is C27H36N2O2. The smallest absolute Gasteiger partial charge is 0.243 e. The fraction of sp³-hybridized carbons (Fsp3) is 0.481. The minimum absolute atomic E-state index is 0.00134. The van der Waals surface area contributed by atoms with E-state index in [-0.39, 0.29) is 17.9 Å². The van der Waals surface area contributed by atoms with E-state index in [0.29, 0.717) is 19.4 Å². The number of benzene rings is 2. The van der Waals surface area contributed by atoms with Gasteiger partial charge in [-0.2, -0.15) is 0 Å². The maximum atomic E-state index is 13.5. The number of amides is 2. The van der Waals surface area contributed by atoms with Crippen molar-refractivity contribution in [2.45, 2.75) is 84.3 Å². The summed E-state index contributed by atoms with van der Waals surface area (Å²) in [5.74, 6) is -0.0124. The van der Waals surface area contributed by atoms with Gasteiger partial charge in [0.15, 0.2) is 0 Å². The Balaban J connectivity index is 1.82. The van der Waals surface area contributed by atoms with Gasteiger partial charge in [0.05, 0.1) is 6.42 Å². The van der Waals surface area contributed by atoms with Crippen LogP contribution in [0.1, 0.15) is 67.7 Å². The van der Waals surface area contributed by atoms with E-state index >= 15 is 0 Å². The number of nitrogens with one attached hydrogen (secondary N) is 1. The van der Waals surface area contributed by atoms with Crippen molar-refractivity contribution in [2.75, 3.05) is 0 Å². The first-order chi connectivity index (χ1) is 15.0. The highest BCUT2D eigenvalue weighted by Crippen LogP contribution is 2.20. The second-order valence-electron chi connectivity index (χ2n) is 8.88. The highest BCUT2D eigenvalue weighted by atomic mass is 16.2. The average Bonchev–Trinajstić information content (AvgIpc) is 2.76. The molecule has 0 radical (unpaired) electrons. The van der Waals surface area contributed by atoms with Crippen LogP contribution in [0.3, 0.4) is 0 Å². The van der Waals surface area contributed by atoms with Crippen LogP contribution in [0.2, 0.25) is 0 Å². The second kappa shape index (κ2) is 11.1. The third-order valence-corrected chi connectivity index (χ3v) is 6.38. The lowest BCUT2D eigenvalue weighted by Crippen LogP contribution is -2.52. The monoisotopic (exact) mass is 420 g/mol. The lowest BCUT2D eigenvalue weighted by atomic mass is 9.95. The maximum Gasteiger partial charge on any atom is 0.243 e. The largest absolute Gasteiger partial charge is 0.352 e. The van der Waals surface area contributed by atoms with Gasteiger partial charge in [0.1, 0.15) is 6.04 Å². The summed E-state index contributed by atoms with van der Waals surface area (Å²) >= 11 is 0. The molecule has 0 aliphatic heterocycles. The molecule has 0 aromatic heterocycles. The van der Waals surface area contributed by atoms with E-state index in [1.807, 2.05) is 50.2 Å². The topological polar surface area (TPSA) is 49.4 Å². The molecule has 1 fully saturated rings. The van der Waals surface area contributed by atoms with Crippen molar-refractivity contribution >= 4 is 11.8 Å². The zero-order valence-electron chi connectivity index (χ0n) is 19.2. The molecular weight excluding hydrogens is 384 g/mol. The van der Waals surface area contributed by atoms with Gasteiger partial charge in [-0.15, -0.1) is 0 Å². The van der Waals surface area contributed by atoms with E-state index in [2.05, 4.69) is 24.4 Å². The third kappa shape index (κ3) is 6.43. The molecule has 2 amide bonds. The lowest BCUT2D eigenvalue weighted by molar-refractivity contribution is -0.141. The van der Waals surface area contributed by atoms with Crippen LogP contribution < -0.4 is 5.32 Å². The van der Waals surface area contributed by atoms with Crippen LogP contribution in [0.4, 0.5) is 0 Å². The van der Waals surface area contributed by atoms with Crippen LogP contribution in [0.25, 0.3) is 0 Å². The van der Waals surface area contributed by atoms with Crippen LogP contribution in [-0.4, -0.2) is 28.8 Å². The molecule has 1 aliphatic rings. The van der Waals surface area contributed by atoms with E-state index in [4.69, 9.17) is 0 Å². The number of aryl methyl sites for hydroxylation is 2. The maximum absolute atomic E-state index is 13.5. The van der Waals surface area contributed by atoms with Crippen molar-refractivity contribution in [3.63, 3.8) is 0 Å². The van der Waals surface area contributed by atoms with Gasteiger partial charge >= 0.3 is 0 Å². The van der Waals surface area contributed by atoms with Gasteiger partial charge in [0.25, 0.3) is 0 Å². The van der Waals surface area contributed by atoms with Gasteiger partial charge in [0.2, 0.25) is 11.8 Å². The van der Waals surface area contributed by atoms with Gasteiger partial charge in [-0.3, -0.25) is 9.59 Å². The number of carbonyl (C=O) groups is 2. The Hall–Kier alpha value is -2.62. The molecule has 4 heteroatoms. The molecule has 166 valence electrons. The Kier molecular flexibility index (Phi) is 8.27. The van der Waals surface area contributed by atoms with Crippen molar-refractivity contribution < 1.29 is 9.59 Å². The minimum atomic E-state index is -0.459. The molecule has 1 saturated carbocycles. The van der Waals surface area contributed by atoms with Crippen LogP contribution in [0.5, 0.6) is 0 Å². The molecule has 0 unspecified atom stereocenters. The first-order valence-corrected chi connectivity index (χ1v) is 11.7. The number of hydrogen-bond donors (Lipinski definition) is 1. The number of carbonyl (C=O) groups excluding carboxylic acids is 2. The summed E-state index contributed by atoms with van der Waals surface area (Å²) in [6, 6.07) is 16.0. The van der Waals surface area contributed by atoms with Crippen LogP contribution in [-0.2, 0) is 22.6 Å². The van der Waals surface area contributed by atoms with E-state index in [9.17, 15) is 9.59 Å². The summed E-state index contributed by atoms with van der Waals surface area (Å²) in [4.78, 5) is 28.5. The predicted octanol–water partition coefficient (Wildman–Crippen LogP) is 5.10. The molecule has 1 atom stereocenters. The van der Waals surface area contributed by atoms with Crippen molar-refractivity contribution in [3.05, 3.63) is 70.8 Å². The molecule has 3 rings (SSSR count). The number of rotatable bonds is 8. The summed E-state index contributed by atoms with van der Waals surface area (Å²) in [7, 11) is 0. The normalized spacial score (nSPS) is 15.3. The standard InChI is InChI=1S/C27H36N2O2/c1-4-25(27(31)28-24-15-6-5-7-16-24)29(19-22-13-10-11-20(2)17-22)26(30)18-23-14-9-8-12-21(23)3/h8-14,17,24-25H,4-7,15-16,18-19H2,1-3H3,(H,28,31)/t25-/m1/s1. The summed E-state index contributed by atoms with van der Waals surface area (Å²) in [5, 5.41) is 3.24. The SMILES string of the molecule is CC[C@H](C(=O)NC1CCCCC1)N(Cc1cccc(C)c1)C(=O)Cc1ccccc1C. The van der Waals surface area contributed by atoms with Crippen molar-refractivity contribution in [2.24, 2.45) is 0 Å². The van der Waals surface area contributed by atoms with Gasteiger partial charge in [-0.05, 0) is 49.8 Å². The Morgan fingerprint density at radius 3 is 2.45 bits per heavy atom. The van der Waals surface area contributed by atoms with Crippen molar-refractivity contribution in [3.8, 4) is 0 Å². The molecule has 2 aromatic carbocycles. The van der Waals surface area contributed by atoms with Crippen LogP contribution >= 0.6 is 0 Å². The third-order valence-electron chi connectivity index (χ3n) is 6.38. The quantitative estimate of drug-likeness (QED) is 0.646. The van der Waals surface area contributed by atoms with E-state index < -0.39 is 6.04 Å². The van der Waals surface area contributed by atoms with E-state index in [0.717, 1.165) is 35.1 Å². The number of nitrogens with zero attached hydrogens (tertiary/aromatic N) is 1. The average molecular weight is 421 g/mol. The summed E-state index contributed by atoms with van der Waals surface area (Å²) in [5.41, 5.74) is 4.33. The van der Waals surface area contributed by atoms with Gasteiger partial charge in [-0.1, -0.05) is 80.3 Å². The molecule has 0 heterocycles. The van der Waals surface area contributed by atoms with Crippen LogP contribution in [0.15, 0.2) is 48.5 Å². The van der Waals surface area contributed by atoms with Gasteiger partial charge in [0, 0.05) is 12.6 Å². The first kappa shape index (κ1) is 23.1. The molecule has 0 spiro atoms. The lowest BCUT2D eigenvalue weighted by Gasteiger charge is -2.33. The Bertz CT molecular complexity index is 886. The summed E-state index contributed by atoms with van der Waals surface area (Å²) < 4.78 is 0. The Morgan fingerprint density at radius 2 is 1.77 bits per heavy atom.